The minimum absolute atomic E-state index is 0.620. The number of halogens is 1. The summed E-state index contributed by atoms with van der Waals surface area (Å²) in [4.78, 5) is 0. The Balaban J connectivity index is 1.83. The standard InChI is InChI=1S/C25H16ClN/c26-22-15-23(20-9-5-2-6-10-20)25(17-27)24(16-22)21-13-11-19(12-14-21)18-7-3-1-4-8-18/h1-16H. The maximum absolute atomic E-state index is 9.85. The van der Waals surface area contributed by atoms with E-state index in [2.05, 4.69) is 30.3 Å². The minimum Gasteiger partial charge on any atom is -0.192 e. The summed E-state index contributed by atoms with van der Waals surface area (Å²) in [5, 5.41) is 10.5. The third-order valence-corrected chi connectivity index (χ3v) is 4.82. The molecule has 0 saturated carbocycles. The second-order valence-electron chi connectivity index (χ2n) is 6.30. The number of rotatable bonds is 3. The Hall–Kier alpha value is -3.34. The Morgan fingerprint density at radius 2 is 0.963 bits per heavy atom. The highest BCUT2D eigenvalue weighted by Crippen LogP contribution is 2.35. The number of hydrogen-bond acceptors (Lipinski definition) is 1. The van der Waals surface area contributed by atoms with E-state index in [1.54, 1.807) is 0 Å². The average Bonchev–Trinajstić information content (AvgIpc) is 2.74. The van der Waals surface area contributed by atoms with Crippen LogP contribution < -0.4 is 0 Å². The number of hydrogen-bond donors (Lipinski definition) is 0. The predicted molar refractivity (Wildman–Crippen MR) is 112 cm³/mol. The molecule has 0 atom stereocenters. The topological polar surface area (TPSA) is 23.8 Å². The van der Waals surface area contributed by atoms with Crippen molar-refractivity contribution >= 4 is 11.6 Å². The Morgan fingerprint density at radius 3 is 1.48 bits per heavy atom. The molecule has 0 radical (unpaired) electrons. The molecule has 4 rings (SSSR count). The summed E-state index contributed by atoms with van der Waals surface area (Å²) >= 11 is 6.40. The van der Waals surface area contributed by atoms with E-state index in [1.165, 1.54) is 5.56 Å². The van der Waals surface area contributed by atoms with Crippen LogP contribution in [0, 0.1) is 11.3 Å². The van der Waals surface area contributed by atoms with Crippen LogP contribution in [0.5, 0.6) is 0 Å². The molecule has 27 heavy (non-hydrogen) atoms. The smallest absolute Gasteiger partial charge is 0.100 e. The first kappa shape index (κ1) is 17.1. The van der Waals surface area contributed by atoms with Crippen LogP contribution >= 0.6 is 11.6 Å². The van der Waals surface area contributed by atoms with Gasteiger partial charge in [-0.1, -0.05) is 96.5 Å². The minimum atomic E-state index is 0.620. The largest absolute Gasteiger partial charge is 0.192 e. The molecule has 0 unspecified atom stereocenters. The van der Waals surface area contributed by atoms with Crippen molar-refractivity contribution in [3.8, 4) is 39.4 Å². The zero-order valence-electron chi connectivity index (χ0n) is 14.6. The summed E-state index contributed by atoms with van der Waals surface area (Å²) in [6.07, 6.45) is 0. The molecule has 0 spiro atoms. The normalized spacial score (nSPS) is 10.4. The van der Waals surface area contributed by atoms with Crippen molar-refractivity contribution in [2.45, 2.75) is 0 Å². The van der Waals surface area contributed by atoms with Crippen LogP contribution in [0.4, 0.5) is 0 Å². The quantitative estimate of drug-likeness (QED) is 0.376. The van der Waals surface area contributed by atoms with E-state index in [1.807, 2.05) is 72.8 Å². The molecule has 0 aromatic heterocycles. The van der Waals surface area contributed by atoms with Crippen molar-refractivity contribution < 1.29 is 0 Å². The second-order valence-corrected chi connectivity index (χ2v) is 6.73. The Labute approximate surface area is 164 Å². The lowest BCUT2D eigenvalue weighted by atomic mass is 9.91. The molecule has 0 fully saturated rings. The lowest BCUT2D eigenvalue weighted by Crippen LogP contribution is -1.91. The van der Waals surface area contributed by atoms with Crippen molar-refractivity contribution in [2.24, 2.45) is 0 Å². The molecule has 0 aliphatic carbocycles. The second kappa shape index (κ2) is 7.50. The SMILES string of the molecule is N#Cc1c(-c2ccccc2)cc(Cl)cc1-c1ccc(-c2ccccc2)cc1. The first-order valence-corrected chi connectivity index (χ1v) is 9.09. The van der Waals surface area contributed by atoms with Gasteiger partial charge in [-0.3, -0.25) is 0 Å². The molecule has 4 aromatic rings. The van der Waals surface area contributed by atoms with Gasteiger partial charge in [-0.05, 0) is 34.4 Å². The van der Waals surface area contributed by atoms with E-state index in [-0.39, 0.29) is 0 Å². The number of benzene rings is 4. The Bertz CT molecular complexity index is 1110. The van der Waals surface area contributed by atoms with Gasteiger partial charge in [0, 0.05) is 16.1 Å². The summed E-state index contributed by atoms with van der Waals surface area (Å²) in [5.74, 6) is 0. The maximum Gasteiger partial charge on any atom is 0.100 e. The highest BCUT2D eigenvalue weighted by molar-refractivity contribution is 6.31. The molecule has 1 nitrogen and oxygen atoms in total. The van der Waals surface area contributed by atoms with Gasteiger partial charge in [0.05, 0.1) is 5.56 Å². The van der Waals surface area contributed by atoms with Gasteiger partial charge in [0.15, 0.2) is 0 Å². The highest BCUT2D eigenvalue weighted by Gasteiger charge is 2.13. The van der Waals surface area contributed by atoms with E-state index in [0.717, 1.165) is 27.8 Å². The van der Waals surface area contributed by atoms with Gasteiger partial charge in [-0.25, -0.2) is 0 Å². The van der Waals surface area contributed by atoms with Gasteiger partial charge in [0.1, 0.15) is 6.07 Å². The van der Waals surface area contributed by atoms with Gasteiger partial charge >= 0.3 is 0 Å². The summed E-state index contributed by atoms with van der Waals surface area (Å²) in [5.41, 5.74) is 6.61. The molecular weight excluding hydrogens is 350 g/mol. The molecule has 128 valence electrons. The molecule has 0 amide bonds. The zero-order chi connectivity index (χ0) is 18.6. The Morgan fingerprint density at radius 1 is 0.556 bits per heavy atom. The first-order chi connectivity index (χ1) is 13.3. The van der Waals surface area contributed by atoms with Crippen molar-refractivity contribution in [3.63, 3.8) is 0 Å². The molecule has 0 saturated heterocycles. The molecule has 0 aliphatic rings. The number of nitriles is 1. The fraction of sp³-hybridized carbons (Fsp3) is 0. The lowest BCUT2D eigenvalue weighted by Gasteiger charge is -2.12. The molecule has 0 bridgehead atoms. The summed E-state index contributed by atoms with van der Waals surface area (Å²) < 4.78 is 0. The van der Waals surface area contributed by atoms with E-state index >= 15 is 0 Å². The zero-order valence-corrected chi connectivity index (χ0v) is 15.3. The van der Waals surface area contributed by atoms with Gasteiger partial charge in [-0.15, -0.1) is 0 Å². The summed E-state index contributed by atoms with van der Waals surface area (Å²) in [6.45, 7) is 0. The van der Waals surface area contributed by atoms with Gasteiger partial charge < -0.3 is 0 Å². The summed E-state index contributed by atoms with van der Waals surface area (Å²) in [6, 6.07) is 34.5. The predicted octanol–water partition coefficient (Wildman–Crippen LogP) is 7.21. The van der Waals surface area contributed by atoms with E-state index in [4.69, 9.17) is 11.6 Å². The van der Waals surface area contributed by atoms with Crippen LogP contribution in [0.2, 0.25) is 5.02 Å². The summed E-state index contributed by atoms with van der Waals surface area (Å²) in [7, 11) is 0. The van der Waals surface area contributed by atoms with Gasteiger partial charge in [-0.2, -0.15) is 5.26 Å². The highest BCUT2D eigenvalue weighted by atomic mass is 35.5. The maximum atomic E-state index is 9.85. The van der Waals surface area contributed by atoms with E-state index in [0.29, 0.717) is 10.6 Å². The third kappa shape index (κ3) is 3.49. The molecule has 4 aromatic carbocycles. The fourth-order valence-corrected chi connectivity index (χ4v) is 3.49. The van der Waals surface area contributed by atoms with E-state index in [9.17, 15) is 5.26 Å². The molecule has 0 N–H and O–H groups in total. The van der Waals surface area contributed by atoms with Crippen molar-refractivity contribution in [1.29, 1.82) is 5.26 Å². The lowest BCUT2D eigenvalue weighted by molar-refractivity contribution is 1.47. The monoisotopic (exact) mass is 365 g/mol. The number of nitrogens with zero attached hydrogens (tertiary/aromatic N) is 1. The van der Waals surface area contributed by atoms with Crippen molar-refractivity contribution in [1.82, 2.24) is 0 Å². The van der Waals surface area contributed by atoms with Crippen LogP contribution in [0.3, 0.4) is 0 Å². The molecule has 2 heteroatoms. The average molecular weight is 366 g/mol. The molecule has 0 heterocycles. The van der Waals surface area contributed by atoms with Crippen LogP contribution in [0.15, 0.2) is 97.1 Å². The van der Waals surface area contributed by atoms with Crippen molar-refractivity contribution in [3.05, 3.63) is 108 Å². The van der Waals surface area contributed by atoms with Crippen molar-refractivity contribution in [2.75, 3.05) is 0 Å². The van der Waals surface area contributed by atoms with Gasteiger partial charge in [0.2, 0.25) is 0 Å². The van der Waals surface area contributed by atoms with Gasteiger partial charge in [0.25, 0.3) is 0 Å². The van der Waals surface area contributed by atoms with Crippen LogP contribution in [0.1, 0.15) is 5.56 Å². The van der Waals surface area contributed by atoms with E-state index < -0.39 is 0 Å². The van der Waals surface area contributed by atoms with Crippen LogP contribution in [-0.4, -0.2) is 0 Å². The molecular formula is C25H16ClN. The third-order valence-electron chi connectivity index (χ3n) is 4.60. The van der Waals surface area contributed by atoms with Crippen LogP contribution in [-0.2, 0) is 0 Å². The fourth-order valence-electron chi connectivity index (χ4n) is 3.27. The molecule has 0 aliphatic heterocycles. The Kier molecular flexibility index (Phi) is 4.75. The first-order valence-electron chi connectivity index (χ1n) is 8.71. The van der Waals surface area contributed by atoms with Crippen LogP contribution in [0.25, 0.3) is 33.4 Å².